The van der Waals surface area contributed by atoms with E-state index < -0.39 is 0 Å². The molecule has 0 bridgehead atoms. The molecule has 0 radical (unpaired) electrons. The molecule has 4 nitrogen and oxygen atoms in total. The molecule has 4 heteroatoms. The molecular weight excluding hydrogens is 226 g/mol. The van der Waals surface area contributed by atoms with E-state index in [1.807, 2.05) is 0 Å². The SMILES string of the molecule is CC(C)C1CCN(C(=O)CN2CCCNCC2)C1. The fourth-order valence-corrected chi connectivity index (χ4v) is 2.91. The number of carbonyl (C=O) groups excluding carboxylic acids is 1. The summed E-state index contributed by atoms with van der Waals surface area (Å²) in [5.41, 5.74) is 0. The second kappa shape index (κ2) is 6.53. The minimum atomic E-state index is 0.333. The van der Waals surface area contributed by atoms with Gasteiger partial charge in [0.05, 0.1) is 6.54 Å². The Kier molecular flexibility index (Phi) is 5.01. The Balaban J connectivity index is 1.77. The first kappa shape index (κ1) is 13.8. The van der Waals surface area contributed by atoms with Crippen LogP contribution in [-0.2, 0) is 4.79 Å². The van der Waals surface area contributed by atoms with Crippen LogP contribution in [0.4, 0.5) is 0 Å². The highest BCUT2D eigenvalue weighted by Crippen LogP contribution is 2.23. The fourth-order valence-electron chi connectivity index (χ4n) is 2.91. The lowest BCUT2D eigenvalue weighted by atomic mass is 9.95. The van der Waals surface area contributed by atoms with Gasteiger partial charge in [-0.15, -0.1) is 0 Å². The quantitative estimate of drug-likeness (QED) is 0.807. The average molecular weight is 253 g/mol. The molecule has 1 amide bonds. The van der Waals surface area contributed by atoms with Crippen molar-refractivity contribution in [3.8, 4) is 0 Å². The molecule has 2 fully saturated rings. The predicted octanol–water partition coefficient (Wildman–Crippen LogP) is 0.786. The number of amides is 1. The number of rotatable bonds is 3. The molecular formula is C14H27N3O. The van der Waals surface area contributed by atoms with E-state index in [-0.39, 0.29) is 0 Å². The minimum Gasteiger partial charge on any atom is -0.341 e. The van der Waals surface area contributed by atoms with E-state index >= 15 is 0 Å². The van der Waals surface area contributed by atoms with Crippen LogP contribution in [0.2, 0.25) is 0 Å². The molecule has 0 spiro atoms. The fraction of sp³-hybridized carbons (Fsp3) is 0.929. The zero-order valence-corrected chi connectivity index (χ0v) is 11.8. The Labute approximate surface area is 111 Å². The van der Waals surface area contributed by atoms with Crippen LogP contribution in [0.3, 0.4) is 0 Å². The number of nitrogens with one attached hydrogen (secondary N) is 1. The Hall–Kier alpha value is -0.610. The standard InChI is InChI=1S/C14H27N3O/c1-12(2)13-4-8-17(10-13)14(18)11-16-7-3-5-15-6-9-16/h12-13,15H,3-11H2,1-2H3. The third kappa shape index (κ3) is 3.69. The molecule has 2 heterocycles. The highest BCUT2D eigenvalue weighted by atomic mass is 16.2. The van der Waals surface area contributed by atoms with Crippen molar-refractivity contribution in [1.29, 1.82) is 0 Å². The molecule has 2 aliphatic heterocycles. The maximum atomic E-state index is 12.3. The van der Waals surface area contributed by atoms with E-state index in [1.54, 1.807) is 0 Å². The topological polar surface area (TPSA) is 35.6 Å². The van der Waals surface area contributed by atoms with Gasteiger partial charge in [-0.05, 0) is 37.8 Å². The van der Waals surface area contributed by atoms with Crippen LogP contribution < -0.4 is 5.32 Å². The van der Waals surface area contributed by atoms with E-state index in [9.17, 15) is 4.79 Å². The maximum absolute atomic E-state index is 12.3. The summed E-state index contributed by atoms with van der Waals surface area (Å²) in [4.78, 5) is 16.6. The number of carbonyl (C=O) groups is 1. The average Bonchev–Trinajstić information content (AvgIpc) is 2.70. The van der Waals surface area contributed by atoms with E-state index in [2.05, 4.69) is 29.0 Å². The number of likely N-dealkylation sites (tertiary alicyclic amines) is 1. The van der Waals surface area contributed by atoms with Gasteiger partial charge in [0.25, 0.3) is 0 Å². The second-order valence-corrected chi connectivity index (χ2v) is 6.01. The van der Waals surface area contributed by atoms with Crippen molar-refractivity contribution >= 4 is 5.91 Å². The van der Waals surface area contributed by atoms with E-state index in [0.717, 1.165) is 45.7 Å². The van der Waals surface area contributed by atoms with Crippen LogP contribution in [0.1, 0.15) is 26.7 Å². The van der Waals surface area contributed by atoms with Crippen LogP contribution >= 0.6 is 0 Å². The van der Waals surface area contributed by atoms with Crippen LogP contribution in [0.25, 0.3) is 0 Å². The molecule has 0 aliphatic carbocycles. The highest BCUT2D eigenvalue weighted by Gasteiger charge is 2.28. The first-order valence-electron chi connectivity index (χ1n) is 7.37. The summed E-state index contributed by atoms with van der Waals surface area (Å²) in [6.07, 6.45) is 2.34. The largest absolute Gasteiger partial charge is 0.341 e. The molecule has 1 unspecified atom stereocenters. The Morgan fingerprint density at radius 1 is 1.28 bits per heavy atom. The normalized spacial score (nSPS) is 26.6. The molecule has 1 atom stereocenters. The lowest BCUT2D eigenvalue weighted by Gasteiger charge is -2.23. The van der Waals surface area contributed by atoms with Gasteiger partial charge in [0.2, 0.25) is 5.91 Å². The van der Waals surface area contributed by atoms with E-state index in [1.165, 1.54) is 6.42 Å². The van der Waals surface area contributed by atoms with Crippen molar-refractivity contribution < 1.29 is 4.79 Å². The van der Waals surface area contributed by atoms with Crippen molar-refractivity contribution in [2.75, 3.05) is 45.8 Å². The smallest absolute Gasteiger partial charge is 0.236 e. The number of hydrogen-bond donors (Lipinski definition) is 1. The Morgan fingerprint density at radius 3 is 2.83 bits per heavy atom. The summed E-state index contributed by atoms with van der Waals surface area (Å²) in [7, 11) is 0. The van der Waals surface area contributed by atoms with Crippen molar-refractivity contribution in [1.82, 2.24) is 15.1 Å². The number of nitrogens with zero attached hydrogens (tertiary/aromatic N) is 2. The van der Waals surface area contributed by atoms with E-state index in [4.69, 9.17) is 0 Å². The molecule has 0 aromatic carbocycles. The molecule has 0 aromatic rings. The molecule has 1 N–H and O–H groups in total. The van der Waals surface area contributed by atoms with Gasteiger partial charge in [-0.1, -0.05) is 13.8 Å². The molecule has 18 heavy (non-hydrogen) atoms. The van der Waals surface area contributed by atoms with Gasteiger partial charge in [-0.2, -0.15) is 0 Å². The molecule has 0 saturated carbocycles. The van der Waals surface area contributed by atoms with Crippen LogP contribution in [0.5, 0.6) is 0 Å². The maximum Gasteiger partial charge on any atom is 0.236 e. The third-order valence-corrected chi connectivity index (χ3v) is 4.31. The van der Waals surface area contributed by atoms with Crippen molar-refractivity contribution in [3.05, 3.63) is 0 Å². The van der Waals surface area contributed by atoms with Crippen LogP contribution in [-0.4, -0.2) is 61.5 Å². The first-order chi connectivity index (χ1) is 8.66. The van der Waals surface area contributed by atoms with Crippen molar-refractivity contribution in [2.24, 2.45) is 11.8 Å². The summed E-state index contributed by atoms with van der Waals surface area (Å²) in [5, 5.41) is 3.38. The van der Waals surface area contributed by atoms with Crippen LogP contribution in [0, 0.1) is 11.8 Å². The lowest BCUT2D eigenvalue weighted by Crippen LogP contribution is -2.40. The van der Waals surface area contributed by atoms with Crippen molar-refractivity contribution in [2.45, 2.75) is 26.7 Å². The van der Waals surface area contributed by atoms with Gasteiger partial charge in [-0.25, -0.2) is 0 Å². The lowest BCUT2D eigenvalue weighted by molar-refractivity contribution is -0.131. The van der Waals surface area contributed by atoms with Gasteiger partial charge in [0.15, 0.2) is 0 Å². The summed E-state index contributed by atoms with van der Waals surface area (Å²) in [5.74, 6) is 1.74. The highest BCUT2D eigenvalue weighted by molar-refractivity contribution is 5.78. The van der Waals surface area contributed by atoms with Gasteiger partial charge < -0.3 is 10.2 Å². The zero-order valence-electron chi connectivity index (χ0n) is 11.8. The van der Waals surface area contributed by atoms with Gasteiger partial charge in [-0.3, -0.25) is 9.69 Å². The summed E-state index contributed by atoms with van der Waals surface area (Å²) < 4.78 is 0. The number of hydrogen-bond acceptors (Lipinski definition) is 3. The molecule has 2 aliphatic rings. The molecule has 2 rings (SSSR count). The minimum absolute atomic E-state index is 0.333. The zero-order chi connectivity index (χ0) is 13.0. The van der Waals surface area contributed by atoms with Gasteiger partial charge in [0, 0.05) is 26.2 Å². The van der Waals surface area contributed by atoms with Gasteiger partial charge in [0.1, 0.15) is 0 Å². The van der Waals surface area contributed by atoms with Crippen LogP contribution in [0.15, 0.2) is 0 Å². The van der Waals surface area contributed by atoms with Crippen molar-refractivity contribution in [3.63, 3.8) is 0 Å². The van der Waals surface area contributed by atoms with E-state index in [0.29, 0.717) is 24.3 Å². The first-order valence-corrected chi connectivity index (χ1v) is 7.37. The predicted molar refractivity (Wildman–Crippen MR) is 73.5 cm³/mol. The molecule has 104 valence electrons. The molecule has 0 aromatic heterocycles. The summed E-state index contributed by atoms with van der Waals surface area (Å²) in [6.45, 7) is 11.3. The Morgan fingerprint density at radius 2 is 2.11 bits per heavy atom. The summed E-state index contributed by atoms with van der Waals surface area (Å²) in [6, 6.07) is 0. The molecule has 2 saturated heterocycles. The second-order valence-electron chi connectivity index (χ2n) is 6.01. The monoisotopic (exact) mass is 253 g/mol. The van der Waals surface area contributed by atoms with Gasteiger partial charge >= 0.3 is 0 Å². The third-order valence-electron chi connectivity index (χ3n) is 4.31. The Bertz CT molecular complexity index is 272. The summed E-state index contributed by atoms with van der Waals surface area (Å²) >= 11 is 0.